The largest absolute Gasteiger partial charge is 0.311 e. The highest BCUT2D eigenvalue weighted by Crippen LogP contribution is 2.27. The van der Waals surface area contributed by atoms with Gasteiger partial charge in [-0.15, -0.1) is 11.3 Å². The van der Waals surface area contributed by atoms with E-state index >= 15 is 0 Å². The minimum absolute atomic E-state index is 0.0189. The van der Waals surface area contributed by atoms with Gasteiger partial charge in [0.15, 0.2) is 0 Å². The van der Waals surface area contributed by atoms with Crippen LogP contribution in [0.1, 0.15) is 16.9 Å². The standard InChI is InChI=1S/C18H17N3O2S/c1-12-9-14-17(24-12)19-11-20(18(14)23)10-16(22)21-8-4-6-13-5-2-3-7-15(13)21/h2-3,5,7,9,11H,4,6,8,10H2,1H3. The summed E-state index contributed by atoms with van der Waals surface area (Å²) in [6, 6.07) is 9.81. The third-order valence-electron chi connectivity index (χ3n) is 4.36. The Kier molecular flexibility index (Phi) is 3.69. The van der Waals surface area contributed by atoms with Gasteiger partial charge in [0.25, 0.3) is 5.56 Å². The highest BCUT2D eigenvalue weighted by molar-refractivity contribution is 7.18. The molecule has 122 valence electrons. The summed E-state index contributed by atoms with van der Waals surface area (Å²) in [4.78, 5) is 33.2. The van der Waals surface area contributed by atoms with Crippen LogP contribution in [0, 0.1) is 6.92 Å². The Labute approximate surface area is 143 Å². The average Bonchev–Trinajstić information content (AvgIpc) is 2.98. The maximum atomic E-state index is 12.8. The third-order valence-corrected chi connectivity index (χ3v) is 5.32. The number of aromatic nitrogens is 2. The van der Waals surface area contributed by atoms with Crippen LogP contribution in [0.25, 0.3) is 10.2 Å². The van der Waals surface area contributed by atoms with E-state index in [1.807, 2.05) is 31.2 Å². The first-order valence-corrected chi connectivity index (χ1v) is 8.79. The van der Waals surface area contributed by atoms with Crippen LogP contribution in [0.2, 0.25) is 0 Å². The summed E-state index contributed by atoms with van der Waals surface area (Å²) in [5.41, 5.74) is 2.00. The first-order chi connectivity index (χ1) is 11.6. The zero-order valence-electron chi connectivity index (χ0n) is 13.4. The fraction of sp³-hybridized carbons (Fsp3) is 0.278. The number of carbonyl (C=O) groups excluding carboxylic acids is 1. The summed E-state index contributed by atoms with van der Waals surface area (Å²) in [5.74, 6) is -0.0719. The Bertz CT molecular complexity index is 989. The van der Waals surface area contributed by atoms with Gasteiger partial charge in [-0.1, -0.05) is 18.2 Å². The molecule has 0 spiro atoms. The van der Waals surface area contributed by atoms with Crippen molar-refractivity contribution in [2.45, 2.75) is 26.3 Å². The number of fused-ring (bicyclic) bond motifs is 2. The van der Waals surface area contributed by atoms with Crippen molar-refractivity contribution < 1.29 is 4.79 Å². The molecule has 2 aromatic heterocycles. The highest BCUT2D eigenvalue weighted by atomic mass is 32.1. The summed E-state index contributed by atoms with van der Waals surface area (Å²) >= 11 is 1.49. The lowest BCUT2D eigenvalue weighted by atomic mass is 10.0. The molecule has 5 nitrogen and oxygen atoms in total. The van der Waals surface area contributed by atoms with E-state index in [0.29, 0.717) is 11.9 Å². The Hall–Kier alpha value is -2.47. The Balaban J connectivity index is 1.66. The second-order valence-corrected chi connectivity index (χ2v) is 7.27. The fourth-order valence-corrected chi connectivity index (χ4v) is 4.05. The average molecular weight is 339 g/mol. The van der Waals surface area contributed by atoms with Gasteiger partial charge in [-0.05, 0) is 37.5 Å². The van der Waals surface area contributed by atoms with Crippen LogP contribution >= 0.6 is 11.3 Å². The number of anilines is 1. The number of hydrogen-bond acceptors (Lipinski definition) is 4. The second kappa shape index (κ2) is 5.87. The third kappa shape index (κ3) is 2.53. The predicted molar refractivity (Wildman–Crippen MR) is 95.7 cm³/mol. The molecule has 1 amide bonds. The van der Waals surface area contributed by atoms with Gasteiger partial charge >= 0.3 is 0 Å². The molecule has 1 aliphatic rings. The van der Waals surface area contributed by atoms with Crippen molar-refractivity contribution in [1.29, 1.82) is 0 Å². The molecule has 0 saturated heterocycles. The number of amides is 1. The molecule has 4 rings (SSSR count). The quantitative estimate of drug-likeness (QED) is 0.721. The molecular formula is C18H17N3O2S. The topological polar surface area (TPSA) is 55.2 Å². The Morgan fingerprint density at radius 3 is 3.04 bits per heavy atom. The van der Waals surface area contributed by atoms with Gasteiger partial charge < -0.3 is 4.90 Å². The lowest BCUT2D eigenvalue weighted by Gasteiger charge is -2.29. The fourth-order valence-electron chi connectivity index (χ4n) is 3.22. The molecule has 24 heavy (non-hydrogen) atoms. The number of aryl methyl sites for hydroxylation is 2. The molecule has 1 aliphatic heterocycles. The number of para-hydroxylation sites is 1. The number of thiophene rings is 1. The summed E-state index contributed by atoms with van der Waals surface area (Å²) in [7, 11) is 0. The van der Waals surface area contributed by atoms with Crippen molar-refractivity contribution >= 4 is 33.1 Å². The normalized spacial score (nSPS) is 14.0. The van der Waals surface area contributed by atoms with Crippen molar-refractivity contribution in [3.8, 4) is 0 Å². The van der Waals surface area contributed by atoms with Crippen LogP contribution in [-0.2, 0) is 17.8 Å². The van der Waals surface area contributed by atoms with Crippen molar-refractivity contribution in [3.05, 3.63) is 57.5 Å². The van der Waals surface area contributed by atoms with Crippen molar-refractivity contribution in [3.63, 3.8) is 0 Å². The SMILES string of the molecule is Cc1cc2c(=O)n(CC(=O)N3CCCc4ccccc43)cnc2s1. The van der Waals surface area contributed by atoms with Gasteiger partial charge in [0.05, 0.1) is 11.7 Å². The zero-order chi connectivity index (χ0) is 16.7. The minimum atomic E-state index is -0.150. The number of nitrogens with zero attached hydrogens (tertiary/aromatic N) is 3. The van der Waals surface area contributed by atoms with E-state index < -0.39 is 0 Å². The molecule has 6 heteroatoms. The number of rotatable bonds is 2. The number of hydrogen-bond donors (Lipinski definition) is 0. The maximum Gasteiger partial charge on any atom is 0.262 e. The summed E-state index contributed by atoms with van der Waals surface area (Å²) in [6.45, 7) is 2.66. The van der Waals surface area contributed by atoms with E-state index in [2.05, 4.69) is 11.1 Å². The highest BCUT2D eigenvalue weighted by Gasteiger charge is 2.22. The summed E-state index contributed by atoms with van der Waals surface area (Å²) < 4.78 is 1.41. The molecule has 0 aliphatic carbocycles. The van der Waals surface area contributed by atoms with Crippen LogP contribution in [0.5, 0.6) is 0 Å². The van der Waals surface area contributed by atoms with E-state index in [0.717, 1.165) is 28.2 Å². The molecule has 0 atom stereocenters. The van der Waals surface area contributed by atoms with Crippen molar-refractivity contribution in [2.24, 2.45) is 0 Å². The molecule has 3 aromatic rings. The van der Waals surface area contributed by atoms with Gasteiger partial charge in [-0.2, -0.15) is 0 Å². The number of benzene rings is 1. The molecular weight excluding hydrogens is 322 g/mol. The van der Waals surface area contributed by atoms with Crippen molar-refractivity contribution in [1.82, 2.24) is 9.55 Å². The Morgan fingerprint density at radius 1 is 1.33 bits per heavy atom. The molecule has 0 N–H and O–H groups in total. The molecule has 3 heterocycles. The van der Waals surface area contributed by atoms with E-state index in [1.54, 1.807) is 4.90 Å². The summed E-state index contributed by atoms with van der Waals surface area (Å²) in [6.07, 6.45) is 3.41. The first-order valence-electron chi connectivity index (χ1n) is 7.97. The van der Waals surface area contributed by atoms with Crippen LogP contribution in [-0.4, -0.2) is 22.0 Å². The van der Waals surface area contributed by atoms with Crippen LogP contribution in [0.3, 0.4) is 0 Å². The van der Waals surface area contributed by atoms with Crippen LogP contribution in [0.4, 0.5) is 5.69 Å². The molecule has 0 fully saturated rings. The maximum absolute atomic E-state index is 12.8. The van der Waals surface area contributed by atoms with E-state index in [1.165, 1.54) is 27.8 Å². The van der Waals surface area contributed by atoms with Crippen molar-refractivity contribution in [2.75, 3.05) is 11.4 Å². The molecule has 0 bridgehead atoms. The smallest absolute Gasteiger partial charge is 0.262 e. The van der Waals surface area contributed by atoms with E-state index in [-0.39, 0.29) is 18.0 Å². The van der Waals surface area contributed by atoms with E-state index in [9.17, 15) is 9.59 Å². The van der Waals surface area contributed by atoms with Gasteiger partial charge in [-0.25, -0.2) is 4.98 Å². The molecule has 1 aromatic carbocycles. The first kappa shape index (κ1) is 15.1. The Morgan fingerprint density at radius 2 is 2.17 bits per heavy atom. The van der Waals surface area contributed by atoms with Gasteiger partial charge in [0.2, 0.25) is 5.91 Å². The zero-order valence-corrected chi connectivity index (χ0v) is 14.2. The predicted octanol–water partition coefficient (Wildman–Crippen LogP) is 2.75. The molecule has 0 radical (unpaired) electrons. The van der Waals surface area contributed by atoms with E-state index in [4.69, 9.17) is 0 Å². The number of carbonyl (C=O) groups is 1. The lowest BCUT2D eigenvalue weighted by Crippen LogP contribution is -2.39. The molecule has 0 unspecified atom stereocenters. The second-order valence-electron chi connectivity index (χ2n) is 6.03. The van der Waals surface area contributed by atoms with Crippen LogP contribution < -0.4 is 10.5 Å². The van der Waals surface area contributed by atoms with Gasteiger partial charge in [0, 0.05) is 17.1 Å². The molecule has 0 saturated carbocycles. The van der Waals surface area contributed by atoms with Gasteiger partial charge in [0.1, 0.15) is 11.4 Å². The lowest BCUT2D eigenvalue weighted by molar-refractivity contribution is -0.119. The minimum Gasteiger partial charge on any atom is -0.311 e. The monoisotopic (exact) mass is 339 g/mol. The summed E-state index contributed by atoms with van der Waals surface area (Å²) in [5, 5.41) is 0.590. The van der Waals surface area contributed by atoms with Crippen LogP contribution in [0.15, 0.2) is 41.5 Å². The van der Waals surface area contributed by atoms with Gasteiger partial charge in [-0.3, -0.25) is 14.2 Å².